The average Bonchev–Trinajstić information content (AvgIpc) is 3.48. The Balaban J connectivity index is 1.34. The van der Waals surface area contributed by atoms with Gasteiger partial charge < -0.3 is 9.47 Å². The van der Waals surface area contributed by atoms with Gasteiger partial charge in [0.25, 0.3) is 0 Å². The molecule has 0 atom stereocenters. The largest absolute Gasteiger partial charge is 0.340 e. The number of piperazine rings is 1. The van der Waals surface area contributed by atoms with Crippen molar-refractivity contribution < 1.29 is 9.18 Å². The smallest absolute Gasteiger partial charge is 0.227 e. The minimum absolute atomic E-state index is 0.0907. The van der Waals surface area contributed by atoms with Crippen LogP contribution in [0.1, 0.15) is 50.0 Å². The summed E-state index contributed by atoms with van der Waals surface area (Å²) in [7, 11) is 0. The molecule has 0 N–H and O–H groups in total. The first-order valence-corrected chi connectivity index (χ1v) is 10.8. The molecule has 1 aliphatic heterocycles. The summed E-state index contributed by atoms with van der Waals surface area (Å²) in [6.45, 7) is 7.95. The predicted octanol–water partition coefficient (Wildman–Crippen LogP) is 3.36. The van der Waals surface area contributed by atoms with Crippen molar-refractivity contribution in [3.8, 4) is 0 Å². The van der Waals surface area contributed by atoms with E-state index in [2.05, 4.69) is 23.3 Å². The fraction of sp³-hybridized carbons (Fsp3) is 0.571. The van der Waals surface area contributed by atoms with Gasteiger partial charge in [-0.15, -0.1) is 0 Å². The summed E-state index contributed by atoms with van der Waals surface area (Å²) in [5.41, 5.74) is 0.844. The van der Waals surface area contributed by atoms with Gasteiger partial charge in [0, 0.05) is 38.1 Å². The third-order valence-electron chi connectivity index (χ3n) is 5.65. The minimum atomic E-state index is -0.279. The Labute approximate surface area is 175 Å². The molecule has 0 unspecified atom stereocenters. The molecule has 0 radical (unpaired) electrons. The van der Waals surface area contributed by atoms with E-state index in [1.165, 1.54) is 25.0 Å². The number of carbonyl (C=O) groups is 1. The zero-order chi connectivity index (χ0) is 20.5. The second-order valence-electron chi connectivity index (χ2n) is 8.34. The lowest BCUT2D eigenvalue weighted by atomic mass is 10.1. The number of hydrogen-bond donors (Lipinski definition) is 0. The van der Waals surface area contributed by atoms with Crippen molar-refractivity contribution in [3.63, 3.8) is 0 Å². The molecule has 1 amide bonds. The molecule has 4 rings (SSSR count). The second kappa shape index (κ2) is 8.36. The number of amides is 1. The molecule has 0 bridgehead atoms. The molecule has 2 heterocycles. The zero-order valence-corrected chi connectivity index (χ0v) is 17.9. The highest BCUT2D eigenvalue weighted by atomic mass is 32.1. The standard InChI is InChI=1S/C21H28FN5OS/c1-15(2)20-23-26(21(29)27(20)18-7-8-18)14-24-9-11-25(12-10-24)19(28)13-16-3-5-17(22)6-4-16/h3-6,15,18H,7-14H2,1-2H3. The maximum absolute atomic E-state index is 13.0. The van der Waals surface area contributed by atoms with Crippen LogP contribution in [-0.2, 0) is 17.9 Å². The van der Waals surface area contributed by atoms with Gasteiger partial charge in [0.15, 0.2) is 4.77 Å². The maximum atomic E-state index is 13.0. The van der Waals surface area contributed by atoms with Gasteiger partial charge in [-0.3, -0.25) is 9.69 Å². The van der Waals surface area contributed by atoms with Crippen LogP contribution in [0.25, 0.3) is 0 Å². The summed E-state index contributed by atoms with van der Waals surface area (Å²) in [6.07, 6.45) is 2.69. The third-order valence-corrected chi connectivity index (χ3v) is 6.06. The summed E-state index contributed by atoms with van der Waals surface area (Å²) >= 11 is 5.71. The highest BCUT2D eigenvalue weighted by Crippen LogP contribution is 2.37. The van der Waals surface area contributed by atoms with Crippen LogP contribution in [0.5, 0.6) is 0 Å². The van der Waals surface area contributed by atoms with Crippen molar-refractivity contribution in [3.05, 3.63) is 46.2 Å². The van der Waals surface area contributed by atoms with Crippen molar-refractivity contribution in [1.29, 1.82) is 0 Å². The molecule has 6 nitrogen and oxygen atoms in total. The average molecular weight is 418 g/mol. The monoisotopic (exact) mass is 417 g/mol. The van der Waals surface area contributed by atoms with Crippen LogP contribution in [0, 0.1) is 10.6 Å². The number of aromatic nitrogens is 3. The number of nitrogens with zero attached hydrogens (tertiary/aromatic N) is 5. The first-order chi connectivity index (χ1) is 13.9. The van der Waals surface area contributed by atoms with Crippen LogP contribution in [-0.4, -0.2) is 56.2 Å². The number of benzene rings is 1. The highest BCUT2D eigenvalue weighted by Gasteiger charge is 2.30. The van der Waals surface area contributed by atoms with Crippen LogP contribution < -0.4 is 0 Å². The van der Waals surface area contributed by atoms with E-state index in [-0.39, 0.29) is 11.7 Å². The van der Waals surface area contributed by atoms with Crippen molar-refractivity contribution in [2.75, 3.05) is 26.2 Å². The van der Waals surface area contributed by atoms with Gasteiger partial charge in [-0.05, 0) is 42.8 Å². The van der Waals surface area contributed by atoms with Gasteiger partial charge in [-0.25, -0.2) is 9.07 Å². The molecule has 29 heavy (non-hydrogen) atoms. The van der Waals surface area contributed by atoms with E-state index in [1.807, 2.05) is 9.58 Å². The van der Waals surface area contributed by atoms with Crippen LogP contribution in [0.3, 0.4) is 0 Å². The summed E-state index contributed by atoms with van der Waals surface area (Å²) in [5, 5.41) is 4.80. The normalized spacial score (nSPS) is 17.9. The van der Waals surface area contributed by atoms with Crippen molar-refractivity contribution in [1.82, 2.24) is 24.1 Å². The molecule has 156 valence electrons. The molecular weight excluding hydrogens is 389 g/mol. The minimum Gasteiger partial charge on any atom is -0.340 e. The molecule has 1 aromatic carbocycles. The lowest BCUT2D eigenvalue weighted by Crippen LogP contribution is -2.49. The Morgan fingerprint density at radius 3 is 2.41 bits per heavy atom. The first-order valence-electron chi connectivity index (χ1n) is 10.4. The van der Waals surface area contributed by atoms with E-state index in [0.29, 0.717) is 38.1 Å². The van der Waals surface area contributed by atoms with Crippen molar-refractivity contribution in [2.45, 2.75) is 51.7 Å². The fourth-order valence-corrected chi connectivity index (χ4v) is 4.16. The van der Waals surface area contributed by atoms with E-state index in [4.69, 9.17) is 17.3 Å². The molecule has 1 saturated heterocycles. The van der Waals surface area contributed by atoms with Crippen LogP contribution in [0.15, 0.2) is 24.3 Å². The van der Waals surface area contributed by atoms with E-state index in [9.17, 15) is 9.18 Å². The molecule has 0 spiro atoms. The highest BCUT2D eigenvalue weighted by molar-refractivity contribution is 7.71. The van der Waals surface area contributed by atoms with Gasteiger partial charge in [-0.1, -0.05) is 26.0 Å². The number of carbonyl (C=O) groups excluding carboxylic acids is 1. The first kappa shape index (κ1) is 20.2. The summed E-state index contributed by atoms with van der Waals surface area (Å²) in [5.74, 6) is 1.23. The van der Waals surface area contributed by atoms with E-state index in [1.54, 1.807) is 12.1 Å². The Hall–Kier alpha value is -2.06. The quantitative estimate of drug-likeness (QED) is 0.677. The Kier molecular flexibility index (Phi) is 5.83. The predicted molar refractivity (Wildman–Crippen MR) is 112 cm³/mol. The molecule has 2 aromatic rings. The fourth-order valence-electron chi connectivity index (χ4n) is 3.82. The lowest BCUT2D eigenvalue weighted by Gasteiger charge is -2.34. The number of halogens is 1. The van der Waals surface area contributed by atoms with Gasteiger partial charge in [0.2, 0.25) is 5.91 Å². The van der Waals surface area contributed by atoms with Crippen LogP contribution in [0.4, 0.5) is 4.39 Å². The number of hydrogen-bond acceptors (Lipinski definition) is 4. The van der Waals surface area contributed by atoms with Crippen LogP contribution >= 0.6 is 12.2 Å². The summed E-state index contributed by atoms with van der Waals surface area (Å²) in [6, 6.07) is 6.67. The molecule has 8 heteroatoms. The topological polar surface area (TPSA) is 46.3 Å². The summed E-state index contributed by atoms with van der Waals surface area (Å²) in [4.78, 5) is 16.7. The molecule has 2 aliphatic rings. The van der Waals surface area contributed by atoms with Gasteiger partial charge in [0.05, 0.1) is 13.1 Å². The maximum Gasteiger partial charge on any atom is 0.227 e. The van der Waals surface area contributed by atoms with Gasteiger partial charge in [0.1, 0.15) is 11.6 Å². The second-order valence-corrected chi connectivity index (χ2v) is 8.70. The third kappa shape index (κ3) is 4.59. The Morgan fingerprint density at radius 1 is 1.17 bits per heavy atom. The lowest BCUT2D eigenvalue weighted by molar-refractivity contribution is -0.132. The summed E-state index contributed by atoms with van der Waals surface area (Å²) < 4.78 is 18.0. The molecule has 2 fully saturated rings. The van der Waals surface area contributed by atoms with E-state index in [0.717, 1.165) is 29.2 Å². The van der Waals surface area contributed by atoms with Crippen molar-refractivity contribution >= 4 is 18.1 Å². The Morgan fingerprint density at radius 2 is 1.83 bits per heavy atom. The molecule has 1 aliphatic carbocycles. The van der Waals surface area contributed by atoms with Crippen LogP contribution in [0.2, 0.25) is 0 Å². The molecular formula is C21H28FN5OS. The molecule has 1 saturated carbocycles. The SMILES string of the molecule is CC(C)c1nn(CN2CCN(C(=O)Cc3ccc(F)cc3)CC2)c(=S)n1C1CC1. The van der Waals surface area contributed by atoms with E-state index >= 15 is 0 Å². The van der Waals surface area contributed by atoms with E-state index < -0.39 is 0 Å². The number of rotatable bonds is 6. The molecule has 1 aromatic heterocycles. The Bertz CT molecular complexity index is 924. The van der Waals surface area contributed by atoms with Gasteiger partial charge in [-0.2, -0.15) is 5.10 Å². The van der Waals surface area contributed by atoms with Gasteiger partial charge >= 0.3 is 0 Å². The zero-order valence-electron chi connectivity index (χ0n) is 17.1. The van der Waals surface area contributed by atoms with Crippen molar-refractivity contribution in [2.24, 2.45) is 0 Å².